The Kier molecular flexibility index (Phi) is 8.11. The second kappa shape index (κ2) is 9.35. The maximum Gasteiger partial charge on any atom is 0.0465 e. The van der Waals surface area contributed by atoms with Crippen LogP contribution in [0.1, 0.15) is 25.8 Å². The quantitative estimate of drug-likeness (QED) is 0.745. The van der Waals surface area contributed by atoms with Crippen LogP contribution in [-0.2, 0) is 11.2 Å². The van der Waals surface area contributed by atoms with Crippen molar-refractivity contribution in [2.75, 3.05) is 26.8 Å². The number of benzene rings is 1. The Morgan fingerprint density at radius 2 is 1.95 bits per heavy atom. The average molecular weight is 284 g/mol. The van der Waals surface area contributed by atoms with E-state index in [2.05, 4.69) is 31.3 Å². The van der Waals surface area contributed by atoms with Gasteiger partial charge in [0.15, 0.2) is 0 Å². The summed E-state index contributed by atoms with van der Waals surface area (Å²) in [6, 6.07) is 8.11. The van der Waals surface area contributed by atoms with Crippen LogP contribution in [-0.4, -0.2) is 26.8 Å². The molecule has 1 atom stereocenters. The summed E-state index contributed by atoms with van der Waals surface area (Å²) >= 11 is 6.24. The Morgan fingerprint density at radius 3 is 2.58 bits per heavy atom. The zero-order valence-electron chi connectivity index (χ0n) is 12.3. The monoisotopic (exact) mass is 283 g/mol. The highest BCUT2D eigenvalue weighted by Gasteiger charge is 2.11. The van der Waals surface area contributed by atoms with Crippen molar-refractivity contribution in [3.63, 3.8) is 0 Å². The summed E-state index contributed by atoms with van der Waals surface area (Å²) in [5, 5.41) is 4.40. The minimum absolute atomic E-state index is 0.568. The SMILES string of the molecule is COCCC(CNCC(C)C)Cc1ccccc1Cl. The molecule has 1 unspecified atom stereocenters. The lowest BCUT2D eigenvalue weighted by atomic mass is 9.96. The number of halogens is 1. The first kappa shape index (κ1) is 16.5. The zero-order valence-corrected chi connectivity index (χ0v) is 13.0. The number of rotatable bonds is 9. The Labute approximate surface area is 122 Å². The third kappa shape index (κ3) is 6.95. The molecule has 108 valence electrons. The Morgan fingerprint density at radius 1 is 1.21 bits per heavy atom. The molecule has 0 saturated carbocycles. The molecule has 0 bridgehead atoms. The van der Waals surface area contributed by atoms with E-state index >= 15 is 0 Å². The molecule has 0 saturated heterocycles. The van der Waals surface area contributed by atoms with E-state index in [4.69, 9.17) is 16.3 Å². The van der Waals surface area contributed by atoms with Crippen LogP contribution in [0, 0.1) is 11.8 Å². The molecule has 0 aliphatic heterocycles. The topological polar surface area (TPSA) is 21.3 Å². The zero-order chi connectivity index (χ0) is 14.1. The molecule has 0 fully saturated rings. The summed E-state index contributed by atoms with van der Waals surface area (Å²) in [6.45, 7) is 7.34. The van der Waals surface area contributed by atoms with Crippen molar-refractivity contribution in [2.45, 2.75) is 26.7 Å². The first-order valence-corrected chi connectivity index (χ1v) is 7.44. The van der Waals surface area contributed by atoms with E-state index in [9.17, 15) is 0 Å². The van der Waals surface area contributed by atoms with E-state index < -0.39 is 0 Å². The van der Waals surface area contributed by atoms with Gasteiger partial charge in [0, 0.05) is 18.7 Å². The summed E-state index contributed by atoms with van der Waals surface area (Å²) in [5.41, 5.74) is 1.23. The lowest BCUT2D eigenvalue weighted by Gasteiger charge is -2.19. The molecule has 1 aromatic carbocycles. The van der Waals surface area contributed by atoms with Gasteiger partial charge in [0.2, 0.25) is 0 Å². The predicted molar refractivity (Wildman–Crippen MR) is 82.8 cm³/mol. The van der Waals surface area contributed by atoms with Gasteiger partial charge in [-0.25, -0.2) is 0 Å². The van der Waals surface area contributed by atoms with Crippen LogP contribution >= 0.6 is 11.6 Å². The third-order valence-corrected chi connectivity index (χ3v) is 3.55. The summed E-state index contributed by atoms with van der Waals surface area (Å²) in [6.07, 6.45) is 2.07. The van der Waals surface area contributed by atoms with Gasteiger partial charge >= 0.3 is 0 Å². The van der Waals surface area contributed by atoms with E-state index in [-0.39, 0.29) is 0 Å². The highest BCUT2D eigenvalue weighted by molar-refractivity contribution is 6.31. The van der Waals surface area contributed by atoms with Crippen LogP contribution in [0.5, 0.6) is 0 Å². The molecule has 19 heavy (non-hydrogen) atoms. The summed E-state index contributed by atoms with van der Waals surface area (Å²) in [5.74, 6) is 1.25. The van der Waals surface area contributed by atoms with E-state index in [0.717, 1.165) is 37.6 Å². The lowest BCUT2D eigenvalue weighted by Crippen LogP contribution is -2.28. The van der Waals surface area contributed by atoms with Gasteiger partial charge in [-0.15, -0.1) is 0 Å². The number of hydrogen-bond acceptors (Lipinski definition) is 2. The molecular formula is C16H26ClNO. The average Bonchev–Trinajstić information content (AvgIpc) is 2.37. The van der Waals surface area contributed by atoms with Gasteiger partial charge in [0.25, 0.3) is 0 Å². The maximum absolute atomic E-state index is 6.24. The third-order valence-electron chi connectivity index (χ3n) is 3.18. The van der Waals surface area contributed by atoms with E-state index in [1.54, 1.807) is 7.11 Å². The van der Waals surface area contributed by atoms with Gasteiger partial charge in [-0.05, 0) is 49.4 Å². The molecule has 0 spiro atoms. The molecule has 1 rings (SSSR count). The smallest absolute Gasteiger partial charge is 0.0465 e. The van der Waals surface area contributed by atoms with Crippen LogP contribution in [0.3, 0.4) is 0 Å². The van der Waals surface area contributed by atoms with Crippen molar-refractivity contribution in [1.29, 1.82) is 0 Å². The first-order chi connectivity index (χ1) is 9.13. The van der Waals surface area contributed by atoms with Crippen LogP contribution in [0.2, 0.25) is 5.02 Å². The van der Waals surface area contributed by atoms with Crippen molar-refractivity contribution in [3.8, 4) is 0 Å². The Hall–Kier alpha value is -0.570. The van der Waals surface area contributed by atoms with Crippen LogP contribution in [0.25, 0.3) is 0 Å². The van der Waals surface area contributed by atoms with Crippen LogP contribution < -0.4 is 5.32 Å². The summed E-state index contributed by atoms with van der Waals surface area (Å²) in [4.78, 5) is 0. The number of hydrogen-bond donors (Lipinski definition) is 1. The van der Waals surface area contributed by atoms with E-state index in [0.29, 0.717) is 11.8 Å². The fourth-order valence-electron chi connectivity index (χ4n) is 2.11. The van der Waals surface area contributed by atoms with Crippen molar-refractivity contribution in [2.24, 2.45) is 11.8 Å². The van der Waals surface area contributed by atoms with Gasteiger partial charge in [0.1, 0.15) is 0 Å². The van der Waals surface area contributed by atoms with Gasteiger partial charge in [-0.3, -0.25) is 0 Å². The molecule has 1 N–H and O–H groups in total. The van der Waals surface area contributed by atoms with Crippen molar-refractivity contribution in [3.05, 3.63) is 34.9 Å². The van der Waals surface area contributed by atoms with E-state index in [1.807, 2.05) is 12.1 Å². The van der Waals surface area contributed by atoms with Crippen molar-refractivity contribution >= 4 is 11.6 Å². The molecule has 0 aromatic heterocycles. The largest absolute Gasteiger partial charge is 0.385 e. The standard InChI is InChI=1S/C16H26ClNO/c1-13(2)11-18-12-14(8-9-19-3)10-15-6-4-5-7-16(15)17/h4-7,13-14,18H,8-12H2,1-3H3. The molecule has 0 aliphatic rings. The Balaban J connectivity index is 2.51. The molecule has 0 radical (unpaired) electrons. The summed E-state index contributed by atoms with van der Waals surface area (Å²) in [7, 11) is 1.76. The second-order valence-corrected chi connectivity index (χ2v) is 5.90. The second-order valence-electron chi connectivity index (χ2n) is 5.50. The number of methoxy groups -OCH3 is 1. The predicted octanol–water partition coefficient (Wildman–Crippen LogP) is 3.78. The molecule has 2 nitrogen and oxygen atoms in total. The molecular weight excluding hydrogens is 258 g/mol. The first-order valence-electron chi connectivity index (χ1n) is 7.06. The minimum Gasteiger partial charge on any atom is -0.385 e. The molecule has 1 aromatic rings. The highest BCUT2D eigenvalue weighted by atomic mass is 35.5. The van der Waals surface area contributed by atoms with Gasteiger partial charge < -0.3 is 10.1 Å². The van der Waals surface area contributed by atoms with Crippen LogP contribution in [0.4, 0.5) is 0 Å². The number of ether oxygens (including phenoxy) is 1. The number of nitrogens with one attached hydrogen (secondary N) is 1. The van der Waals surface area contributed by atoms with E-state index in [1.165, 1.54) is 5.56 Å². The van der Waals surface area contributed by atoms with Gasteiger partial charge in [0.05, 0.1) is 0 Å². The molecule has 3 heteroatoms. The van der Waals surface area contributed by atoms with Crippen LogP contribution in [0.15, 0.2) is 24.3 Å². The lowest BCUT2D eigenvalue weighted by molar-refractivity contribution is 0.176. The van der Waals surface area contributed by atoms with Crippen molar-refractivity contribution in [1.82, 2.24) is 5.32 Å². The Bertz CT molecular complexity index is 354. The normalized spacial score (nSPS) is 12.9. The maximum atomic E-state index is 6.24. The van der Waals surface area contributed by atoms with Gasteiger partial charge in [-0.2, -0.15) is 0 Å². The van der Waals surface area contributed by atoms with Crippen molar-refractivity contribution < 1.29 is 4.74 Å². The molecule has 0 aliphatic carbocycles. The minimum atomic E-state index is 0.568. The highest BCUT2D eigenvalue weighted by Crippen LogP contribution is 2.20. The molecule has 0 amide bonds. The summed E-state index contributed by atoms with van der Waals surface area (Å²) < 4.78 is 5.21. The van der Waals surface area contributed by atoms with Gasteiger partial charge in [-0.1, -0.05) is 43.6 Å². The fourth-order valence-corrected chi connectivity index (χ4v) is 2.32. The fraction of sp³-hybridized carbons (Fsp3) is 0.625. The molecule has 0 heterocycles.